The van der Waals surface area contributed by atoms with Gasteiger partial charge in [-0.05, 0) is 64.3 Å². The molecule has 1 aromatic carbocycles. The lowest BCUT2D eigenvalue weighted by molar-refractivity contribution is -0.138. The Bertz CT molecular complexity index is 791. The van der Waals surface area contributed by atoms with Gasteiger partial charge in [0, 0.05) is 30.9 Å². The van der Waals surface area contributed by atoms with E-state index < -0.39 is 0 Å². The molecule has 0 aliphatic carbocycles. The number of aromatic nitrogens is 1. The molecule has 3 heterocycles. The van der Waals surface area contributed by atoms with E-state index in [9.17, 15) is 4.79 Å². The lowest BCUT2D eigenvalue weighted by Crippen LogP contribution is -2.44. The number of rotatable bonds is 6. The Morgan fingerprint density at radius 2 is 1.83 bits per heavy atom. The van der Waals surface area contributed by atoms with Gasteiger partial charge in [-0.3, -0.25) is 9.69 Å². The molecule has 156 valence electrons. The first-order valence-electron chi connectivity index (χ1n) is 10.8. The number of carbonyl (C=O) groups excluding carboxylic acids is 1. The lowest BCUT2D eigenvalue weighted by Gasteiger charge is -2.35. The van der Waals surface area contributed by atoms with E-state index in [2.05, 4.69) is 34.2 Å². The van der Waals surface area contributed by atoms with Crippen molar-refractivity contribution in [2.45, 2.75) is 52.2 Å². The molecule has 0 radical (unpaired) electrons. The average Bonchev–Trinajstić information content (AvgIpc) is 3.21. The highest BCUT2D eigenvalue weighted by atomic mass is 32.1. The largest absolute Gasteiger partial charge is 0.486 e. The molecule has 0 N–H and O–H groups in total. The molecule has 1 amide bonds. The summed E-state index contributed by atoms with van der Waals surface area (Å²) in [6.07, 6.45) is 5.56. The standard InChI is InChI=1S/C23H31N3O2S/c1-18-5-7-21(8-6-18)28-16-22-24-20(17-29-22)15-25-13-9-19(10-14-25)23(27)26-11-3-2-4-12-26/h5-8,17,19H,2-4,9-16H2,1H3. The van der Waals surface area contributed by atoms with Gasteiger partial charge in [-0.15, -0.1) is 11.3 Å². The molecule has 2 saturated heterocycles. The fraction of sp³-hybridized carbons (Fsp3) is 0.565. The Morgan fingerprint density at radius 1 is 1.10 bits per heavy atom. The second-order valence-electron chi connectivity index (χ2n) is 8.27. The van der Waals surface area contributed by atoms with Crippen LogP contribution in [0.25, 0.3) is 0 Å². The minimum atomic E-state index is 0.221. The zero-order valence-electron chi connectivity index (χ0n) is 17.3. The SMILES string of the molecule is Cc1ccc(OCc2nc(CN3CCC(C(=O)N4CCCCC4)CC3)cs2)cc1. The first kappa shape index (κ1) is 20.4. The normalized spacial score (nSPS) is 18.7. The fourth-order valence-electron chi connectivity index (χ4n) is 4.21. The minimum absolute atomic E-state index is 0.221. The number of nitrogens with zero attached hydrogens (tertiary/aromatic N) is 3. The molecular formula is C23H31N3O2S. The number of thiazole rings is 1. The van der Waals surface area contributed by atoms with Crippen LogP contribution < -0.4 is 4.74 Å². The highest BCUT2D eigenvalue weighted by molar-refractivity contribution is 7.09. The van der Waals surface area contributed by atoms with Crippen molar-refractivity contribution in [1.29, 1.82) is 0 Å². The van der Waals surface area contributed by atoms with E-state index in [1.165, 1.54) is 24.8 Å². The molecule has 6 heteroatoms. The Kier molecular flexibility index (Phi) is 6.82. The second-order valence-corrected chi connectivity index (χ2v) is 9.21. The first-order valence-corrected chi connectivity index (χ1v) is 11.7. The summed E-state index contributed by atoms with van der Waals surface area (Å²) in [6, 6.07) is 8.11. The van der Waals surface area contributed by atoms with E-state index in [1.807, 2.05) is 12.1 Å². The van der Waals surface area contributed by atoms with Crippen molar-refractivity contribution in [3.05, 3.63) is 45.9 Å². The number of hydrogen-bond acceptors (Lipinski definition) is 5. The number of aryl methyl sites for hydroxylation is 1. The number of piperidine rings is 2. The van der Waals surface area contributed by atoms with Crippen LogP contribution in [0.15, 0.2) is 29.6 Å². The Labute approximate surface area is 177 Å². The second kappa shape index (κ2) is 9.72. The molecule has 2 fully saturated rings. The van der Waals surface area contributed by atoms with Gasteiger partial charge in [-0.2, -0.15) is 0 Å². The summed E-state index contributed by atoms with van der Waals surface area (Å²) in [5, 5.41) is 3.15. The number of carbonyl (C=O) groups is 1. The molecule has 0 bridgehead atoms. The summed E-state index contributed by atoms with van der Waals surface area (Å²) in [4.78, 5) is 22.0. The molecule has 0 saturated carbocycles. The molecule has 2 aromatic rings. The van der Waals surface area contributed by atoms with Gasteiger partial charge < -0.3 is 9.64 Å². The Balaban J connectivity index is 1.21. The third-order valence-corrected chi connectivity index (χ3v) is 6.84. The van der Waals surface area contributed by atoms with Gasteiger partial charge in [0.15, 0.2) is 0 Å². The predicted molar refractivity (Wildman–Crippen MR) is 116 cm³/mol. The van der Waals surface area contributed by atoms with E-state index >= 15 is 0 Å². The maximum Gasteiger partial charge on any atom is 0.225 e. The van der Waals surface area contributed by atoms with E-state index in [0.717, 1.165) is 62.0 Å². The average molecular weight is 414 g/mol. The molecule has 1 aromatic heterocycles. The third kappa shape index (κ3) is 5.58. The van der Waals surface area contributed by atoms with Gasteiger partial charge in [0.2, 0.25) is 5.91 Å². The van der Waals surface area contributed by atoms with Crippen molar-refractivity contribution in [2.24, 2.45) is 5.92 Å². The minimum Gasteiger partial charge on any atom is -0.486 e. The van der Waals surface area contributed by atoms with Crippen LogP contribution in [0, 0.1) is 12.8 Å². The summed E-state index contributed by atoms with van der Waals surface area (Å²) >= 11 is 1.66. The van der Waals surface area contributed by atoms with Gasteiger partial charge in [0.05, 0.1) is 5.69 Å². The zero-order chi connectivity index (χ0) is 20.1. The Hall–Kier alpha value is -1.92. The lowest BCUT2D eigenvalue weighted by atomic mass is 9.94. The van der Waals surface area contributed by atoms with Gasteiger partial charge in [-0.25, -0.2) is 4.98 Å². The first-order chi connectivity index (χ1) is 14.2. The summed E-state index contributed by atoms with van der Waals surface area (Å²) in [5.74, 6) is 1.50. The number of amides is 1. The molecular weight excluding hydrogens is 382 g/mol. The molecule has 2 aliphatic heterocycles. The topological polar surface area (TPSA) is 45.7 Å². The van der Waals surface area contributed by atoms with Crippen molar-refractivity contribution in [1.82, 2.24) is 14.8 Å². The van der Waals surface area contributed by atoms with Crippen molar-refractivity contribution >= 4 is 17.2 Å². The zero-order valence-corrected chi connectivity index (χ0v) is 18.1. The van der Waals surface area contributed by atoms with Crippen molar-refractivity contribution in [3.8, 4) is 5.75 Å². The number of benzene rings is 1. The number of ether oxygens (including phenoxy) is 1. The van der Waals surface area contributed by atoms with Crippen molar-refractivity contribution in [3.63, 3.8) is 0 Å². The molecule has 4 rings (SSSR count). The maximum absolute atomic E-state index is 12.7. The molecule has 2 aliphatic rings. The molecule has 0 unspecified atom stereocenters. The quantitative estimate of drug-likeness (QED) is 0.710. The Morgan fingerprint density at radius 3 is 2.55 bits per heavy atom. The third-order valence-electron chi connectivity index (χ3n) is 5.97. The van der Waals surface area contributed by atoms with Crippen LogP contribution >= 0.6 is 11.3 Å². The van der Waals surface area contributed by atoms with Crippen LogP contribution in [0.1, 0.15) is 48.4 Å². The smallest absolute Gasteiger partial charge is 0.225 e. The van der Waals surface area contributed by atoms with Gasteiger partial charge >= 0.3 is 0 Å². The van der Waals surface area contributed by atoms with Crippen molar-refractivity contribution in [2.75, 3.05) is 26.2 Å². The molecule has 0 atom stereocenters. The van der Waals surface area contributed by atoms with E-state index in [4.69, 9.17) is 9.72 Å². The summed E-state index contributed by atoms with van der Waals surface area (Å²) < 4.78 is 5.84. The van der Waals surface area contributed by atoms with Gasteiger partial charge in [0.1, 0.15) is 17.4 Å². The van der Waals surface area contributed by atoms with Crippen molar-refractivity contribution < 1.29 is 9.53 Å². The van der Waals surface area contributed by atoms with Crippen LogP contribution in [0.3, 0.4) is 0 Å². The van der Waals surface area contributed by atoms with Crippen LogP contribution in [-0.4, -0.2) is 46.9 Å². The predicted octanol–water partition coefficient (Wildman–Crippen LogP) is 4.26. The van der Waals surface area contributed by atoms with E-state index in [1.54, 1.807) is 11.3 Å². The summed E-state index contributed by atoms with van der Waals surface area (Å²) in [7, 11) is 0. The van der Waals surface area contributed by atoms with Crippen LogP contribution in [-0.2, 0) is 17.9 Å². The van der Waals surface area contributed by atoms with Crippen LogP contribution in [0.5, 0.6) is 5.75 Å². The van der Waals surface area contributed by atoms with E-state index in [-0.39, 0.29) is 5.92 Å². The number of likely N-dealkylation sites (tertiary alicyclic amines) is 2. The molecule has 0 spiro atoms. The van der Waals surface area contributed by atoms with E-state index in [0.29, 0.717) is 12.5 Å². The van der Waals surface area contributed by atoms with Crippen LogP contribution in [0.2, 0.25) is 0 Å². The van der Waals surface area contributed by atoms with Crippen LogP contribution in [0.4, 0.5) is 0 Å². The molecule has 29 heavy (non-hydrogen) atoms. The van der Waals surface area contributed by atoms with Gasteiger partial charge in [-0.1, -0.05) is 17.7 Å². The highest BCUT2D eigenvalue weighted by Gasteiger charge is 2.29. The fourth-order valence-corrected chi connectivity index (χ4v) is 4.90. The highest BCUT2D eigenvalue weighted by Crippen LogP contribution is 2.24. The monoisotopic (exact) mass is 413 g/mol. The van der Waals surface area contributed by atoms with Gasteiger partial charge in [0.25, 0.3) is 0 Å². The summed E-state index contributed by atoms with van der Waals surface area (Å²) in [6.45, 7) is 7.35. The summed E-state index contributed by atoms with van der Waals surface area (Å²) in [5.41, 5.74) is 2.34. The number of hydrogen-bond donors (Lipinski definition) is 0. The molecule has 5 nitrogen and oxygen atoms in total. The maximum atomic E-state index is 12.7.